The van der Waals surface area contributed by atoms with Crippen molar-refractivity contribution in [2.24, 2.45) is 5.73 Å². The van der Waals surface area contributed by atoms with E-state index >= 15 is 0 Å². The van der Waals surface area contributed by atoms with Gasteiger partial charge in [0.15, 0.2) is 0 Å². The summed E-state index contributed by atoms with van der Waals surface area (Å²) in [4.78, 5) is 18.1. The molecule has 0 saturated heterocycles. The zero-order valence-electron chi connectivity index (χ0n) is 19.9. The molecule has 1 heterocycles. The van der Waals surface area contributed by atoms with Gasteiger partial charge in [0.2, 0.25) is 0 Å². The standard InChI is InChI=1S/C28H29F2N3O3/c1-2-17-4-3-5-18(8-17)15-33(28(36)26-13-20-12-23(34)6-7-25(20)32-26)16-27(35)24(31)11-19-9-21(29)14-22(30)10-19/h3-10,12-14,24,27,32,34-35H,2,11,15-16,31H2,1H3/t24-,27+/m0/s1. The van der Waals surface area contributed by atoms with Gasteiger partial charge in [-0.3, -0.25) is 4.79 Å². The second-order valence-corrected chi connectivity index (χ2v) is 9.03. The number of benzene rings is 3. The van der Waals surface area contributed by atoms with Gasteiger partial charge in [0, 0.05) is 36.1 Å². The zero-order chi connectivity index (χ0) is 25.8. The number of nitrogens with zero attached hydrogens (tertiary/aromatic N) is 1. The second-order valence-electron chi connectivity index (χ2n) is 9.03. The maximum atomic E-state index is 13.6. The third-order valence-electron chi connectivity index (χ3n) is 6.19. The third kappa shape index (κ3) is 6.08. The number of carbonyl (C=O) groups excluding carboxylic acids is 1. The fourth-order valence-electron chi connectivity index (χ4n) is 4.29. The van der Waals surface area contributed by atoms with Gasteiger partial charge < -0.3 is 25.8 Å². The number of aromatic hydroxyl groups is 1. The molecule has 36 heavy (non-hydrogen) atoms. The van der Waals surface area contributed by atoms with E-state index < -0.39 is 23.8 Å². The summed E-state index contributed by atoms with van der Waals surface area (Å²) < 4.78 is 27.2. The lowest BCUT2D eigenvalue weighted by Gasteiger charge is -2.28. The number of hydrogen-bond acceptors (Lipinski definition) is 4. The van der Waals surface area contributed by atoms with Crippen molar-refractivity contribution in [2.45, 2.75) is 38.5 Å². The maximum Gasteiger partial charge on any atom is 0.270 e. The Morgan fingerprint density at radius 2 is 1.72 bits per heavy atom. The van der Waals surface area contributed by atoms with Crippen LogP contribution in [0.5, 0.6) is 5.75 Å². The second kappa shape index (κ2) is 10.9. The molecule has 6 nitrogen and oxygen atoms in total. The first-order valence-corrected chi connectivity index (χ1v) is 11.8. The average Bonchev–Trinajstić information content (AvgIpc) is 3.25. The fraction of sp³-hybridized carbons (Fsp3) is 0.250. The van der Waals surface area contributed by atoms with Crippen molar-refractivity contribution in [1.82, 2.24) is 9.88 Å². The minimum Gasteiger partial charge on any atom is -0.508 e. The van der Waals surface area contributed by atoms with E-state index in [0.717, 1.165) is 23.6 Å². The topological polar surface area (TPSA) is 103 Å². The Hall–Kier alpha value is -3.75. The van der Waals surface area contributed by atoms with Gasteiger partial charge in [-0.2, -0.15) is 0 Å². The van der Waals surface area contributed by atoms with Gasteiger partial charge in [-0.05, 0) is 65.9 Å². The number of aromatic nitrogens is 1. The molecule has 4 rings (SSSR count). The molecule has 0 aliphatic heterocycles. The molecule has 0 saturated carbocycles. The van der Waals surface area contributed by atoms with Crippen LogP contribution in [0.25, 0.3) is 10.9 Å². The van der Waals surface area contributed by atoms with E-state index in [4.69, 9.17) is 5.73 Å². The Labute approximate surface area is 208 Å². The van der Waals surface area contributed by atoms with Crippen LogP contribution in [0, 0.1) is 11.6 Å². The molecule has 0 spiro atoms. The molecule has 4 aromatic rings. The first-order chi connectivity index (χ1) is 17.2. The van der Waals surface area contributed by atoms with Crippen molar-refractivity contribution >= 4 is 16.8 Å². The number of nitrogens with one attached hydrogen (secondary N) is 1. The van der Waals surface area contributed by atoms with Gasteiger partial charge in [0.05, 0.1) is 6.10 Å². The number of amides is 1. The van der Waals surface area contributed by atoms with Gasteiger partial charge in [-0.25, -0.2) is 8.78 Å². The highest BCUT2D eigenvalue weighted by Crippen LogP contribution is 2.22. The number of aliphatic hydroxyl groups excluding tert-OH is 1. The monoisotopic (exact) mass is 493 g/mol. The molecule has 3 aromatic carbocycles. The molecule has 0 unspecified atom stereocenters. The first kappa shape index (κ1) is 25.3. The van der Waals surface area contributed by atoms with E-state index in [0.29, 0.717) is 22.2 Å². The largest absolute Gasteiger partial charge is 0.508 e. The average molecular weight is 494 g/mol. The molecule has 1 aromatic heterocycles. The highest BCUT2D eigenvalue weighted by Gasteiger charge is 2.25. The summed E-state index contributed by atoms with van der Waals surface area (Å²) in [5, 5.41) is 21.3. The van der Waals surface area contributed by atoms with Crippen LogP contribution in [-0.2, 0) is 19.4 Å². The Morgan fingerprint density at radius 3 is 2.44 bits per heavy atom. The van der Waals surface area contributed by atoms with Crippen molar-refractivity contribution in [3.05, 3.63) is 101 Å². The third-order valence-corrected chi connectivity index (χ3v) is 6.19. The molecule has 0 aliphatic carbocycles. The summed E-state index contributed by atoms with van der Waals surface area (Å²) in [5.74, 6) is -1.70. The molecule has 0 bridgehead atoms. The van der Waals surface area contributed by atoms with Crippen molar-refractivity contribution in [3.63, 3.8) is 0 Å². The van der Waals surface area contributed by atoms with Crippen molar-refractivity contribution in [1.29, 1.82) is 0 Å². The number of nitrogens with two attached hydrogens (primary N) is 1. The number of fused-ring (bicyclic) bond motifs is 1. The van der Waals surface area contributed by atoms with Crippen LogP contribution >= 0.6 is 0 Å². The number of phenolic OH excluding ortho intramolecular Hbond substituents is 1. The molecule has 188 valence electrons. The van der Waals surface area contributed by atoms with Gasteiger partial charge in [-0.1, -0.05) is 31.2 Å². The Kier molecular flexibility index (Phi) is 7.67. The van der Waals surface area contributed by atoms with Crippen LogP contribution in [0.4, 0.5) is 8.78 Å². The number of rotatable bonds is 9. The van der Waals surface area contributed by atoms with Crippen molar-refractivity contribution in [3.8, 4) is 5.75 Å². The van der Waals surface area contributed by atoms with Gasteiger partial charge >= 0.3 is 0 Å². The maximum absolute atomic E-state index is 13.6. The molecule has 1 amide bonds. The van der Waals surface area contributed by atoms with E-state index in [-0.39, 0.29) is 31.2 Å². The number of hydrogen-bond donors (Lipinski definition) is 4. The predicted octanol–water partition coefficient (Wildman–Crippen LogP) is 4.29. The smallest absolute Gasteiger partial charge is 0.270 e. The summed E-state index contributed by atoms with van der Waals surface area (Å²) in [6, 6.07) is 16.5. The van der Waals surface area contributed by atoms with Crippen LogP contribution in [0.1, 0.15) is 34.1 Å². The molecule has 0 fully saturated rings. The van der Waals surface area contributed by atoms with Gasteiger partial charge in [-0.15, -0.1) is 0 Å². The van der Waals surface area contributed by atoms with Crippen LogP contribution in [0.3, 0.4) is 0 Å². The molecular weight excluding hydrogens is 464 g/mol. The normalized spacial score (nSPS) is 13.0. The number of H-pyrrole nitrogens is 1. The number of phenols is 1. The summed E-state index contributed by atoms with van der Waals surface area (Å²) in [5.41, 5.74) is 9.51. The Bertz CT molecular complexity index is 1350. The van der Waals surface area contributed by atoms with Crippen LogP contribution in [0.15, 0.2) is 66.7 Å². The fourth-order valence-corrected chi connectivity index (χ4v) is 4.29. The lowest BCUT2D eigenvalue weighted by Crippen LogP contribution is -2.46. The zero-order valence-corrected chi connectivity index (χ0v) is 19.9. The van der Waals surface area contributed by atoms with Gasteiger partial charge in [0.25, 0.3) is 5.91 Å². The van der Waals surface area contributed by atoms with E-state index in [9.17, 15) is 23.8 Å². The van der Waals surface area contributed by atoms with Crippen LogP contribution < -0.4 is 5.73 Å². The molecule has 2 atom stereocenters. The molecule has 8 heteroatoms. The highest BCUT2D eigenvalue weighted by molar-refractivity contribution is 5.98. The number of carbonyl (C=O) groups is 1. The number of aryl methyl sites for hydroxylation is 1. The summed E-state index contributed by atoms with van der Waals surface area (Å²) >= 11 is 0. The molecule has 0 aliphatic rings. The lowest BCUT2D eigenvalue weighted by atomic mass is 10.0. The SMILES string of the molecule is CCc1cccc(CN(C[C@@H](O)[C@@H](N)Cc2cc(F)cc(F)c2)C(=O)c2cc3cc(O)ccc3[nH]2)c1. The first-order valence-electron chi connectivity index (χ1n) is 11.8. The minimum atomic E-state index is -1.15. The highest BCUT2D eigenvalue weighted by atomic mass is 19.1. The van der Waals surface area contributed by atoms with E-state index in [2.05, 4.69) is 4.98 Å². The number of aliphatic hydroxyl groups is 1. The van der Waals surface area contributed by atoms with Gasteiger partial charge in [0.1, 0.15) is 23.1 Å². The van der Waals surface area contributed by atoms with Crippen LogP contribution in [0.2, 0.25) is 0 Å². The molecule has 5 N–H and O–H groups in total. The van der Waals surface area contributed by atoms with Crippen molar-refractivity contribution in [2.75, 3.05) is 6.54 Å². The Balaban J connectivity index is 1.58. The van der Waals surface area contributed by atoms with E-state index in [1.165, 1.54) is 23.1 Å². The van der Waals surface area contributed by atoms with Crippen molar-refractivity contribution < 1.29 is 23.8 Å². The molecule has 0 radical (unpaired) electrons. The number of halogens is 2. The summed E-state index contributed by atoms with van der Waals surface area (Å²) in [6.07, 6.45) is -0.275. The number of aromatic amines is 1. The van der Waals surface area contributed by atoms with Crippen LogP contribution in [-0.4, -0.2) is 44.7 Å². The quantitative estimate of drug-likeness (QED) is 0.279. The predicted molar refractivity (Wildman–Crippen MR) is 135 cm³/mol. The minimum absolute atomic E-state index is 0.0366. The molecular formula is C28H29F2N3O3. The lowest BCUT2D eigenvalue weighted by molar-refractivity contribution is 0.0550. The van der Waals surface area contributed by atoms with E-state index in [1.807, 2.05) is 31.2 Å². The summed E-state index contributed by atoms with van der Waals surface area (Å²) in [6.45, 7) is 2.18. The summed E-state index contributed by atoms with van der Waals surface area (Å²) in [7, 11) is 0. The Morgan fingerprint density at radius 1 is 1.00 bits per heavy atom. The van der Waals surface area contributed by atoms with E-state index in [1.54, 1.807) is 18.2 Å².